The molecule has 166 valence electrons. The summed E-state index contributed by atoms with van der Waals surface area (Å²) < 4.78 is 32.0. The van der Waals surface area contributed by atoms with Crippen molar-refractivity contribution in [2.75, 3.05) is 72.3 Å². The fourth-order valence-corrected chi connectivity index (χ4v) is 4.60. The Bertz CT molecular complexity index is 582. The van der Waals surface area contributed by atoms with Gasteiger partial charge in [-0.1, -0.05) is 13.8 Å². The second-order valence-corrected chi connectivity index (χ2v) is 10.8. The van der Waals surface area contributed by atoms with Crippen molar-refractivity contribution in [1.82, 2.24) is 19.4 Å². The lowest BCUT2D eigenvalue weighted by molar-refractivity contribution is 0.0904. The summed E-state index contributed by atoms with van der Waals surface area (Å²) in [6.07, 6.45) is 0.0441. The number of aliphatic imine (C=N–C) groups is 1. The lowest BCUT2D eigenvalue weighted by Gasteiger charge is -2.36. The Morgan fingerprint density at radius 2 is 1.82 bits per heavy atom. The zero-order valence-electron chi connectivity index (χ0n) is 18.9. The summed E-state index contributed by atoms with van der Waals surface area (Å²) in [6.45, 7) is 15.3. The molecule has 1 aliphatic heterocycles. The van der Waals surface area contributed by atoms with Crippen molar-refractivity contribution in [1.29, 1.82) is 0 Å². The summed E-state index contributed by atoms with van der Waals surface area (Å²) in [7, 11) is 0.870. The molecule has 1 rings (SSSR count). The van der Waals surface area contributed by atoms with Crippen LogP contribution < -0.4 is 5.32 Å². The molecule has 0 saturated carbocycles. The minimum Gasteiger partial charge on any atom is -0.378 e. The number of hydrogen-bond acceptors (Lipinski definition) is 5. The van der Waals surface area contributed by atoms with E-state index in [0.29, 0.717) is 26.2 Å². The first-order valence-corrected chi connectivity index (χ1v) is 11.8. The van der Waals surface area contributed by atoms with Crippen LogP contribution >= 0.6 is 0 Å². The van der Waals surface area contributed by atoms with Gasteiger partial charge < -0.3 is 19.9 Å². The van der Waals surface area contributed by atoms with E-state index in [1.54, 1.807) is 4.31 Å². The topological polar surface area (TPSA) is 77.5 Å². The Balaban J connectivity index is 2.65. The smallest absolute Gasteiger partial charge is 0.216 e. The van der Waals surface area contributed by atoms with Gasteiger partial charge in [0.2, 0.25) is 10.0 Å². The van der Waals surface area contributed by atoms with Crippen LogP contribution in [-0.2, 0) is 14.8 Å². The molecule has 0 amide bonds. The summed E-state index contributed by atoms with van der Waals surface area (Å²) in [5.74, 6) is 0.910. The van der Waals surface area contributed by atoms with E-state index in [1.165, 1.54) is 0 Å². The zero-order chi connectivity index (χ0) is 21.4. The van der Waals surface area contributed by atoms with Crippen LogP contribution in [0, 0.1) is 5.41 Å². The molecular formula is C19H41N5O3S. The van der Waals surface area contributed by atoms with Crippen molar-refractivity contribution in [2.24, 2.45) is 10.4 Å². The average Bonchev–Trinajstić information content (AvgIpc) is 2.57. The van der Waals surface area contributed by atoms with Gasteiger partial charge in [0.1, 0.15) is 0 Å². The van der Waals surface area contributed by atoms with E-state index in [9.17, 15) is 8.42 Å². The standard InChI is InChI=1S/C19H41N5O3S/c1-8-20-18(21-15-19(4,5)16-22(6)7)23-9-11-24(12-10-23)28(25,26)14-13-27-17(2)3/h17H,8-16H2,1-7H3,(H,20,21). The van der Waals surface area contributed by atoms with Crippen LogP contribution in [0.5, 0.6) is 0 Å². The van der Waals surface area contributed by atoms with Gasteiger partial charge in [-0.05, 0) is 40.3 Å². The molecule has 0 aliphatic carbocycles. The SMILES string of the molecule is CCNC(=NCC(C)(C)CN(C)C)N1CCN(S(=O)(=O)CCOC(C)C)CC1. The predicted octanol–water partition coefficient (Wildman–Crippen LogP) is 0.912. The van der Waals surface area contributed by atoms with Gasteiger partial charge in [0, 0.05) is 45.8 Å². The molecule has 0 radical (unpaired) electrons. The molecule has 1 N–H and O–H groups in total. The molecule has 8 nitrogen and oxygen atoms in total. The van der Waals surface area contributed by atoms with Gasteiger partial charge in [-0.3, -0.25) is 4.99 Å². The number of rotatable bonds is 10. The molecule has 9 heteroatoms. The minimum absolute atomic E-state index is 0.0397. The van der Waals surface area contributed by atoms with Crippen molar-refractivity contribution >= 4 is 16.0 Å². The van der Waals surface area contributed by atoms with Gasteiger partial charge >= 0.3 is 0 Å². The highest BCUT2D eigenvalue weighted by atomic mass is 32.2. The molecule has 1 aliphatic rings. The zero-order valence-corrected chi connectivity index (χ0v) is 19.7. The lowest BCUT2D eigenvalue weighted by Crippen LogP contribution is -2.54. The van der Waals surface area contributed by atoms with Gasteiger partial charge in [-0.25, -0.2) is 8.42 Å². The maximum Gasteiger partial charge on any atom is 0.216 e. The number of nitrogens with zero attached hydrogens (tertiary/aromatic N) is 4. The molecule has 0 aromatic carbocycles. The molecular weight excluding hydrogens is 378 g/mol. The highest BCUT2D eigenvalue weighted by Crippen LogP contribution is 2.17. The number of nitrogens with one attached hydrogen (secondary N) is 1. The fourth-order valence-electron chi connectivity index (χ4n) is 3.32. The van der Waals surface area contributed by atoms with E-state index in [2.05, 4.69) is 50.0 Å². The molecule has 0 aromatic heterocycles. The van der Waals surface area contributed by atoms with Crippen molar-refractivity contribution in [3.63, 3.8) is 0 Å². The second-order valence-electron chi connectivity index (χ2n) is 8.69. The third-order valence-corrected chi connectivity index (χ3v) is 6.29. The van der Waals surface area contributed by atoms with Crippen LogP contribution in [0.1, 0.15) is 34.6 Å². The normalized spacial score (nSPS) is 17.6. The van der Waals surface area contributed by atoms with E-state index in [4.69, 9.17) is 9.73 Å². The molecule has 1 heterocycles. The van der Waals surface area contributed by atoms with Gasteiger partial charge in [-0.15, -0.1) is 0 Å². The Morgan fingerprint density at radius 1 is 1.21 bits per heavy atom. The molecule has 0 atom stereocenters. The number of ether oxygens (including phenoxy) is 1. The molecule has 1 fully saturated rings. The third kappa shape index (κ3) is 9.07. The number of piperazine rings is 1. The van der Waals surface area contributed by atoms with Crippen molar-refractivity contribution in [3.8, 4) is 0 Å². The maximum atomic E-state index is 12.5. The van der Waals surface area contributed by atoms with Crippen LogP contribution in [0.4, 0.5) is 0 Å². The van der Waals surface area contributed by atoms with E-state index >= 15 is 0 Å². The lowest BCUT2D eigenvalue weighted by atomic mass is 9.93. The Morgan fingerprint density at radius 3 is 2.32 bits per heavy atom. The van der Waals surface area contributed by atoms with Crippen molar-refractivity contribution < 1.29 is 13.2 Å². The van der Waals surface area contributed by atoms with Gasteiger partial charge in [0.05, 0.1) is 18.5 Å². The fraction of sp³-hybridized carbons (Fsp3) is 0.947. The second kappa shape index (κ2) is 11.3. The Hall–Kier alpha value is -0.900. The third-order valence-electron chi connectivity index (χ3n) is 4.46. The van der Waals surface area contributed by atoms with Gasteiger partial charge in [0.15, 0.2) is 5.96 Å². The quantitative estimate of drug-likeness (QED) is 0.419. The van der Waals surface area contributed by atoms with E-state index in [1.807, 2.05) is 13.8 Å². The maximum absolute atomic E-state index is 12.5. The van der Waals surface area contributed by atoms with E-state index in [0.717, 1.165) is 25.6 Å². The highest BCUT2D eigenvalue weighted by molar-refractivity contribution is 7.89. The monoisotopic (exact) mass is 419 g/mol. The number of hydrogen-bond donors (Lipinski definition) is 1. The van der Waals surface area contributed by atoms with E-state index < -0.39 is 10.0 Å². The Labute approximate surface area is 172 Å². The average molecular weight is 420 g/mol. The minimum atomic E-state index is -3.27. The highest BCUT2D eigenvalue weighted by Gasteiger charge is 2.28. The molecule has 0 aromatic rings. The summed E-state index contributed by atoms with van der Waals surface area (Å²) in [6, 6.07) is 0. The van der Waals surface area contributed by atoms with Crippen LogP contribution in [-0.4, -0.2) is 107 Å². The predicted molar refractivity (Wildman–Crippen MR) is 116 cm³/mol. The Kier molecular flexibility index (Phi) is 10.2. The van der Waals surface area contributed by atoms with Gasteiger partial charge in [0.25, 0.3) is 0 Å². The number of guanidine groups is 1. The number of sulfonamides is 1. The summed E-state index contributed by atoms with van der Waals surface area (Å²) in [5.41, 5.74) is 0.0751. The van der Waals surface area contributed by atoms with Crippen LogP contribution in [0.3, 0.4) is 0 Å². The van der Waals surface area contributed by atoms with Gasteiger partial charge in [-0.2, -0.15) is 4.31 Å². The largest absolute Gasteiger partial charge is 0.378 e. The summed E-state index contributed by atoms with van der Waals surface area (Å²) >= 11 is 0. The molecule has 0 spiro atoms. The summed E-state index contributed by atoms with van der Waals surface area (Å²) in [5, 5.41) is 3.35. The molecule has 28 heavy (non-hydrogen) atoms. The van der Waals surface area contributed by atoms with Crippen LogP contribution in [0.25, 0.3) is 0 Å². The van der Waals surface area contributed by atoms with Crippen LogP contribution in [0.2, 0.25) is 0 Å². The van der Waals surface area contributed by atoms with E-state index in [-0.39, 0.29) is 23.9 Å². The van der Waals surface area contributed by atoms with Crippen LogP contribution in [0.15, 0.2) is 4.99 Å². The molecule has 1 saturated heterocycles. The molecule has 0 bridgehead atoms. The van der Waals surface area contributed by atoms with Crippen molar-refractivity contribution in [3.05, 3.63) is 0 Å². The summed E-state index contributed by atoms with van der Waals surface area (Å²) in [4.78, 5) is 9.17. The first-order valence-electron chi connectivity index (χ1n) is 10.2. The first-order chi connectivity index (χ1) is 13.0. The van der Waals surface area contributed by atoms with Crippen molar-refractivity contribution in [2.45, 2.75) is 40.7 Å². The molecule has 0 unspecified atom stereocenters. The first kappa shape index (κ1) is 25.1.